The van der Waals surface area contributed by atoms with E-state index < -0.39 is 0 Å². The molecule has 0 bridgehead atoms. The standard InChI is InChI=1S/C10H14N4S/c1-3-6-12-10(15)14-13-8(2)9-5-4-7-11-9/h3-5,7,11H,1,6H2,2H3,(H2,12,14,15)/b13-8+. The Kier molecular flexibility index (Phi) is 4.56. The van der Waals surface area contributed by atoms with E-state index in [1.165, 1.54) is 0 Å². The molecule has 15 heavy (non-hydrogen) atoms. The summed E-state index contributed by atoms with van der Waals surface area (Å²) < 4.78 is 0. The number of aromatic nitrogens is 1. The first-order valence-corrected chi connectivity index (χ1v) is 4.97. The zero-order chi connectivity index (χ0) is 11.1. The number of nitrogens with zero attached hydrogens (tertiary/aromatic N) is 1. The molecule has 1 heterocycles. The molecule has 0 aromatic carbocycles. The van der Waals surface area contributed by atoms with E-state index in [1.54, 1.807) is 6.08 Å². The van der Waals surface area contributed by atoms with Gasteiger partial charge in [-0.15, -0.1) is 6.58 Å². The van der Waals surface area contributed by atoms with Gasteiger partial charge in [0.05, 0.1) is 11.4 Å². The summed E-state index contributed by atoms with van der Waals surface area (Å²) in [7, 11) is 0. The molecule has 0 aliphatic heterocycles. The Hall–Kier alpha value is -1.62. The Labute approximate surface area is 94.5 Å². The molecule has 0 amide bonds. The highest BCUT2D eigenvalue weighted by Gasteiger charge is 1.97. The van der Waals surface area contributed by atoms with E-state index in [0.717, 1.165) is 11.4 Å². The predicted molar refractivity (Wildman–Crippen MR) is 66.9 cm³/mol. The van der Waals surface area contributed by atoms with Crippen molar-refractivity contribution >= 4 is 23.0 Å². The maximum Gasteiger partial charge on any atom is 0.187 e. The van der Waals surface area contributed by atoms with Crippen LogP contribution in [-0.4, -0.2) is 22.4 Å². The van der Waals surface area contributed by atoms with Crippen molar-refractivity contribution in [3.8, 4) is 0 Å². The van der Waals surface area contributed by atoms with Gasteiger partial charge in [-0.1, -0.05) is 6.08 Å². The van der Waals surface area contributed by atoms with Crippen molar-refractivity contribution < 1.29 is 0 Å². The Bertz CT molecular complexity index is 354. The molecule has 1 aromatic heterocycles. The molecule has 3 N–H and O–H groups in total. The van der Waals surface area contributed by atoms with E-state index in [0.29, 0.717) is 11.7 Å². The van der Waals surface area contributed by atoms with Crippen LogP contribution >= 0.6 is 12.2 Å². The topological polar surface area (TPSA) is 52.2 Å². The molecule has 0 saturated carbocycles. The third-order valence-electron chi connectivity index (χ3n) is 1.72. The quantitative estimate of drug-likeness (QED) is 0.312. The van der Waals surface area contributed by atoms with Gasteiger partial charge < -0.3 is 10.3 Å². The second-order valence-corrected chi connectivity index (χ2v) is 3.30. The van der Waals surface area contributed by atoms with Gasteiger partial charge in [-0.2, -0.15) is 5.10 Å². The average Bonchev–Trinajstić information content (AvgIpc) is 2.76. The molecule has 0 fully saturated rings. The largest absolute Gasteiger partial charge is 0.360 e. The minimum absolute atomic E-state index is 0.487. The molecule has 0 saturated heterocycles. The maximum atomic E-state index is 4.98. The van der Waals surface area contributed by atoms with Crippen molar-refractivity contribution in [3.63, 3.8) is 0 Å². The first kappa shape index (κ1) is 11.5. The summed E-state index contributed by atoms with van der Waals surface area (Å²) >= 11 is 4.98. The van der Waals surface area contributed by atoms with Crippen LogP contribution in [0.25, 0.3) is 0 Å². The highest BCUT2D eigenvalue weighted by Crippen LogP contribution is 1.95. The summed E-state index contributed by atoms with van der Waals surface area (Å²) in [5.41, 5.74) is 4.56. The fourth-order valence-corrected chi connectivity index (χ4v) is 1.08. The highest BCUT2D eigenvalue weighted by molar-refractivity contribution is 7.80. The summed E-state index contributed by atoms with van der Waals surface area (Å²) in [6.45, 7) is 6.10. The number of rotatable bonds is 4. The maximum absolute atomic E-state index is 4.98. The van der Waals surface area contributed by atoms with Gasteiger partial charge in [0.25, 0.3) is 0 Å². The van der Waals surface area contributed by atoms with Crippen molar-refractivity contribution in [1.29, 1.82) is 0 Å². The van der Waals surface area contributed by atoms with Gasteiger partial charge in [-0.05, 0) is 31.3 Å². The van der Waals surface area contributed by atoms with Gasteiger partial charge in [-0.25, -0.2) is 0 Å². The van der Waals surface area contributed by atoms with Crippen LogP contribution in [0.1, 0.15) is 12.6 Å². The van der Waals surface area contributed by atoms with Crippen LogP contribution in [0, 0.1) is 0 Å². The molecular formula is C10H14N4S. The Balaban J connectivity index is 2.44. The molecular weight excluding hydrogens is 208 g/mol. The number of hydrazone groups is 1. The van der Waals surface area contributed by atoms with Gasteiger partial charge in [0.2, 0.25) is 0 Å². The number of hydrogen-bond acceptors (Lipinski definition) is 2. The van der Waals surface area contributed by atoms with E-state index in [2.05, 4.69) is 27.4 Å². The van der Waals surface area contributed by atoms with Crippen molar-refractivity contribution in [2.24, 2.45) is 5.10 Å². The van der Waals surface area contributed by atoms with E-state index in [1.807, 2.05) is 25.3 Å². The number of thiocarbonyl (C=S) groups is 1. The molecule has 80 valence electrons. The second-order valence-electron chi connectivity index (χ2n) is 2.89. The fourth-order valence-electron chi connectivity index (χ4n) is 0.955. The molecule has 0 aliphatic rings. The van der Waals surface area contributed by atoms with Gasteiger partial charge >= 0.3 is 0 Å². The van der Waals surface area contributed by atoms with E-state index >= 15 is 0 Å². The fraction of sp³-hybridized carbons (Fsp3) is 0.200. The van der Waals surface area contributed by atoms with E-state index in [-0.39, 0.29) is 0 Å². The molecule has 1 rings (SSSR count). The third-order valence-corrected chi connectivity index (χ3v) is 1.96. The highest BCUT2D eigenvalue weighted by atomic mass is 32.1. The van der Waals surface area contributed by atoms with Crippen molar-refractivity contribution in [3.05, 3.63) is 36.7 Å². The van der Waals surface area contributed by atoms with Crippen LogP contribution in [0.2, 0.25) is 0 Å². The van der Waals surface area contributed by atoms with Gasteiger partial charge in [0, 0.05) is 12.7 Å². The molecule has 0 spiro atoms. The second kappa shape index (κ2) is 5.98. The van der Waals surface area contributed by atoms with Crippen molar-refractivity contribution in [2.45, 2.75) is 6.92 Å². The first-order valence-electron chi connectivity index (χ1n) is 4.57. The number of nitrogens with one attached hydrogen (secondary N) is 3. The summed E-state index contributed by atoms with van der Waals surface area (Å²) in [5, 5.41) is 7.52. The van der Waals surface area contributed by atoms with Crippen LogP contribution in [0.15, 0.2) is 36.1 Å². The first-order chi connectivity index (χ1) is 7.24. The smallest absolute Gasteiger partial charge is 0.187 e. The molecule has 0 radical (unpaired) electrons. The van der Waals surface area contributed by atoms with E-state index in [4.69, 9.17) is 12.2 Å². The van der Waals surface area contributed by atoms with E-state index in [9.17, 15) is 0 Å². The third kappa shape index (κ3) is 3.95. The van der Waals surface area contributed by atoms with Crippen molar-refractivity contribution in [1.82, 2.24) is 15.7 Å². The Morgan fingerprint density at radius 2 is 2.53 bits per heavy atom. The molecule has 0 aliphatic carbocycles. The summed E-state index contributed by atoms with van der Waals surface area (Å²) in [5.74, 6) is 0. The summed E-state index contributed by atoms with van der Waals surface area (Å²) in [4.78, 5) is 3.05. The zero-order valence-electron chi connectivity index (χ0n) is 8.58. The summed E-state index contributed by atoms with van der Waals surface area (Å²) in [6.07, 6.45) is 3.58. The lowest BCUT2D eigenvalue weighted by molar-refractivity contribution is 0.935. The lowest BCUT2D eigenvalue weighted by Crippen LogP contribution is -2.32. The van der Waals surface area contributed by atoms with Gasteiger partial charge in [-0.3, -0.25) is 5.43 Å². The minimum atomic E-state index is 0.487. The van der Waals surface area contributed by atoms with Crippen LogP contribution in [-0.2, 0) is 0 Å². The lowest BCUT2D eigenvalue weighted by atomic mass is 10.3. The van der Waals surface area contributed by atoms with Gasteiger partial charge in [0.15, 0.2) is 5.11 Å². The van der Waals surface area contributed by atoms with Crippen molar-refractivity contribution in [2.75, 3.05) is 6.54 Å². The average molecular weight is 222 g/mol. The molecule has 4 nitrogen and oxygen atoms in total. The predicted octanol–water partition coefficient (Wildman–Crippen LogP) is 1.39. The van der Waals surface area contributed by atoms with Crippen LogP contribution in [0.3, 0.4) is 0 Å². The lowest BCUT2D eigenvalue weighted by Gasteiger charge is -2.04. The molecule has 5 heteroatoms. The van der Waals surface area contributed by atoms with Crippen LogP contribution in [0.5, 0.6) is 0 Å². The van der Waals surface area contributed by atoms with Gasteiger partial charge in [0.1, 0.15) is 0 Å². The summed E-state index contributed by atoms with van der Waals surface area (Å²) in [6, 6.07) is 3.86. The minimum Gasteiger partial charge on any atom is -0.360 e. The molecule has 0 unspecified atom stereocenters. The Morgan fingerprint density at radius 1 is 1.73 bits per heavy atom. The zero-order valence-corrected chi connectivity index (χ0v) is 9.40. The molecule has 1 aromatic rings. The normalized spacial score (nSPS) is 10.9. The number of hydrogen-bond donors (Lipinski definition) is 3. The SMILES string of the molecule is C=CCNC(=S)N/N=C(\C)c1ccc[nH]1. The monoisotopic (exact) mass is 222 g/mol. The molecule has 0 atom stereocenters. The number of aromatic amines is 1. The number of H-pyrrole nitrogens is 1. The van der Waals surface area contributed by atoms with Crippen LogP contribution < -0.4 is 10.7 Å². The van der Waals surface area contributed by atoms with Crippen LogP contribution in [0.4, 0.5) is 0 Å². The Morgan fingerprint density at radius 3 is 3.13 bits per heavy atom.